The Labute approximate surface area is 210 Å². The Kier molecular flexibility index (Phi) is 15.3. The van der Waals surface area contributed by atoms with Crippen molar-refractivity contribution in [3.05, 3.63) is 10.4 Å². The second-order valence-electron chi connectivity index (χ2n) is 8.99. The average molecular weight is 515 g/mol. The summed E-state index contributed by atoms with van der Waals surface area (Å²) in [4.78, 5) is 63.2. The normalized spacial score (nSPS) is 12.5. The van der Waals surface area contributed by atoms with E-state index in [0.29, 0.717) is 0 Å². The molecule has 5 N–H and O–H groups in total. The smallest absolute Gasteiger partial charge is 0.408 e. The lowest BCUT2D eigenvalue weighted by molar-refractivity contribution is -0.146. The van der Waals surface area contributed by atoms with Crippen LogP contribution < -0.4 is 21.8 Å². The van der Waals surface area contributed by atoms with Crippen molar-refractivity contribution in [3.8, 4) is 0 Å². The van der Waals surface area contributed by atoms with E-state index in [4.69, 9.17) is 20.7 Å². The van der Waals surface area contributed by atoms with Crippen molar-refractivity contribution < 1.29 is 33.4 Å². The van der Waals surface area contributed by atoms with Crippen molar-refractivity contribution in [2.24, 2.45) is 10.8 Å². The number of unbranched alkanes of at least 4 members (excludes halogenated alkanes) is 1. The fourth-order valence-electron chi connectivity index (χ4n) is 2.74. The first-order valence-corrected chi connectivity index (χ1v) is 11.5. The number of nitrogens with two attached hydrogens (primary N) is 1. The quantitative estimate of drug-likeness (QED) is 0.0570. The monoisotopic (exact) mass is 514 g/mol. The van der Waals surface area contributed by atoms with Crippen LogP contribution in [-0.4, -0.2) is 79.2 Å². The number of alkyl carbamates (subject to hydrolysis) is 1. The highest BCUT2D eigenvalue weighted by Gasteiger charge is 2.28. The SMILES string of the molecule is CCCCOC(=O)CN(C)NC(=O)C[C@H](CCN=[N+]=[N-])NC(=O)[C@H](CC(N)=O)NC(=O)OC(C)(C)C. The van der Waals surface area contributed by atoms with Crippen LogP contribution in [-0.2, 0) is 28.7 Å². The van der Waals surface area contributed by atoms with E-state index in [9.17, 15) is 24.0 Å². The first kappa shape index (κ1) is 32.4. The number of hydrazine groups is 1. The number of ether oxygens (including phenoxy) is 2. The molecule has 0 aliphatic heterocycles. The highest BCUT2D eigenvalue weighted by atomic mass is 16.6. The summed E-state index contributed by atoms with van der Waals surface area (Å²) in [7, 11) is 1.47. The summed E-state index contributed by atoms with van der Waals surface area (Å²) in [6.07, 6.45) is -0.00731. The number of likely N-dealkylation sites (N-methyl/N-ethyl adjacent to an activating group) is 1. The lowest BCUT2D eigenvalue weighted by Crippen LogP contribution is -2.53. The van der Waals surface area contributed by atoms with E-state index in [0.717, 1.165) is 12.8 Å². The van der Waals surface area contributed by atoms with Gasteiger partial charge in [-0.1, -0.05) is 18.5 Å². The van der Waals surface area contributed by atoms with Crippen LogP contribution >= 0.6 is 0 Å². The molecule has 15 heteroatoms. The van der Waals surface area contributed by atoms with Gasteiger partial charge in [0, 0.05) is 31.0 Å². The molecule has 0 saturated carbocycles. The molecule has 0 saturated heterocycles. The van der Waals surface area contributed by atoms with E-state index in [1.54, 1.807) is 20.8 Å². The number of esters is 1. The second-order valence-corrected chi connectivity index (χ2v) is 8.99. The predicted molar refractivity (Wildman–Crippen MR) is 129 cm³/mol. The van der Waals surface area contributed by atoms with Crippen LogP contribution in [0.25, 0.3) is 10.4 Å². The number of nitrogens with zero attached hydrogens (tertiary/aromatic N) is 4. The highest BCUT2D eigenvalue weighted by molar-refractivity contribution is 5.91. The van der Waals surface area contributed by atoms with Crippen LogP contribution in [0.1, 0.15) is 59.8 Å². The van der Waals surface area contributed by atoms with Gasteiger partial charge in [0.1, 0.15) is 18.2 Å². The van der Waals surface area contributed by atoms with Crippen molar-refractivity contribution in [1.82, 2.24) is 21.1 Å². The number of hydrogen-bond acceptors (Lipinski definition) is 9. The van der Waals surface area contributed by atoms with Gasteiger partial charge in [0.15, 0.2) is 0 Å². The van der Waals surface area contributed by atoms with Gasteiger partial charge in [-0.05, 0) is 39.1 Å². The van der Waals surface area contributed by atoms with Gasteiger partial charge < -0.3 is 25.8 Å². The second kappa shape index (κ2) is 16.9. The topological polar surface area (TPSA) is 218 Å². The number of carbonyl (C=O) groups excluding carboxylic acids is 5. The van der Waals surface area contributed by atoms with Gasteiger partial charge in [-0.25, -0.2) is 9.80 Å². The Morgan fingerprint density at radius 3 is 2.36 bits per heavy atom. The minimum Gasteiger partial charge on any atom is -0.465 e. The standard InChI is InChI=1S/C21H38N8O7/c1-6-7-10-35-18(32)13-29(5)27-17(31)11-14(8-9-24-28-23)25-19(33)15(12-16(22)30)26-20(34)36-21(2,3)4/h14-15H,6-13H2,1-5H3,(H2,22,30)(H,25,33)(H,26,34)(H,27,31)/t14-,15-/m0/s1. The van der Waals surface area contributed by atoms with Gasteiger partial charge in [-0.15, -0.1) is 0 Å². The molecule has 0 aromatic heterocycles. The predicted octanol–water partition coefficient (Wildman–Crippen LogP) is 0.637. The van der Waals surface area contributed by atoms with Gasteiger partial charge in [-0.3, -0.25) is 24.6 Å². The van der Waals surface area contributed by atoms with E-state index in [-0.39, 0.29) is 32.5 Å². The molecule has 0 aromatic carbocycles. The lowest BCUT2D eigenvalue weighted by atomic mass is 10.1. The molecule has 0 fully saturated rings. The van der Waals surface area contributed by atoms with Gasteiger partial charge in [-0.2, -0.15) is 0 Å². The third kappa shape index (κ3) is 16.9. The number of nitrogens with one attached hydrogen (secondary N) is 3. The molecular formula is C21H38N8O7. The maximum Gasteiger partial charge on any atom is 0.408 e. The molecule has 36 heavy (non-hydrogen) atoms. The molecule has 0 heterocycles. The van der Waals surface area contributed by atoms with Crippen LogP contribution in [0, 0.1) is 0 Å². The van der Waals surface area contributed by atoms with Crippen LogP contribution in [0.4, 0.5) is 4.79 Å². The van der Waals surface area contributed by atoms with Crippen molar-refractivity contribution >= 4 is 29.8 Å². The minimum atomic E-state index is -1.36. The molecule has 2 atom stereocenters. The molecule has 0 aromatic rings. The Morgan fingerprint density at radius 1 is 1.14 bits per heavy atom. The molecular weight excluding hydrogens is 476 g/mol. The summed E-state index contributed by atoms with van der Waals surface area (Å²) in [6.45, 7) is 6.90. The first-order valence-electron chi connectivity index (χ1n) is 11.5. The highest BCUT2D eigenvalue weighted by Crippen LogP contribution is 2.08. The molecule has 0 aliphatic carbocycles. The van der Waals surface area contributed by atoms with E-state index in [1.165, 1.54) is 12.1 Å². The zero-order valence-corrected chi connectivity index (χ0v) is 21.5. The summed E-state index contributed by atoms with van der Waals surface area (Å²) in [5, 5.41) is 9.49. The summed E-state index contributed by atoms with van der Waals surface area (Å²) in [5.41, 5.74) is 15.4. The van der Waals surface area contributed by atoms with E-state index < -0.39 is 53.9 Å². The number of rotatable bonds is 16. The molecule has 0 spiro atoms. The Balaban J connectivity index is 5.17. The summed E-state index contributed by atoms with van der Waals surface area (Å²) in [6, 6.07) is -2.19. The number of primary amides is 1. The number of azide groups is 1. The third-order valence-electron chi connectivity index (χ3n) is 4.27. The molecule has 4 amide bonds. The van der Waals surface area contributed by atoms with E-state index in [2.05, 4.69) is 26.1 Å². The first-order chi connectivity index (χ1) is 16.8. The average Bonchev–Trinajstić information content (AvgIpc) is 2.71. The molecule has 0 unspecified atom stereocenters. The van der Waals surface area contributed by atoms with E-state index in [1.807, 2.05) is 6.92 Å². The van der Waals surface area contributed by atoms with Crippen LogP contribution in [0.2, 0.25) is 0 Å². The lowest BCUT2D eigenvalue weighted by Gasteiger charge is -2.25. The van der Waals surface area contributed by atoms with Gasteiger partial charge in [0.05, 0.1) is 13.0 Å². The van der Waals surface area contributed by atoms with Gasteiger partial charge in [0.2, 0.25) is 17.7 Å². The van der Waals surface area contributed by atoms with Gasteiger partial charge in [0.25, 0.3) is 0 Å². The zero-order chi connectivity index (χ0) is 27.7. The summed E-state index contributed by atoms with van der Waals surface area (Å²) < 4.78 is 10.1. The maximum atomic E-state index is 12.8. The van der Waals surface area contributed by atoms with Crippen molar-refractivity contribution in [3.63, 3.8) is 0 Å². The molecule has 0 bridgehead atoms. The largest absolute Gasteiger partial charge is 0.465 e. The number of carbonyl (C=O) groups is 5. The summed E-state index contributed by atoms with van der Waals surface area (Å²) in [5.74, 6) is -2.69. The number of hydrogen-bond donors (Lipinski definition) is 4. The molecule has 204 valence electrons. The summed E-state index contributed by atoms with van der Waals surface area (Å²) >= 11 is 0. The van der Waals surface area contributed by atoms with Gasteiger partial charge >= 0.3 is 12.1 Å². The fraction of sp³-hybridized carbons (Fsp3) is 0.762. The number of amides is 4. The maximum absolute atomic E-state index is 12.8. The molecule has 15 nitrogen and oxygen atoms in total. The van der Waals surface area contributed by atoms with Crippen molar-refractivity contribution in [2.45, 2.75) is 77.5 Å². The zero-order valence-electron chi connectivity index (χ0n) is 21.5. The minimum absolute atomic E-state index is 0.0334. The van der Waals surface area contributed by atoms with Crippen LogP contribution in [0.5, 0.6) is 0 Å². The van der Waals surface area contributed by atoms with E-state index >= 15 is 0 Å². The Morgan fingerprint density at radius 2 is 1.81 bits per heavy atom. The Bertz CT molecular complexity index is 809. The van der Waals surface area contributed by atoms with Crippen molar-refractivity contribution in [2.75, 3.05) is 26.7 Å². The van der Waals surface area contributed by atoms with Crippen LogP contribution in [0.3, 0.4) is 0 Å². The third-order valence-corrected chi connectivity index (χ3v) is 4.27. The Hall–Kier alpha value is -3.58. The van der Waals surface area contributed by atoms with Crippen molar-refractivity contribution in [1.29, 1.82) is 0 Å². The van der Waals surface area contributed by atoms with Crippen LogP contribution in [0.15, 0.2) is 5.11 Å². The molecule has 0 rings (SSSR count). The molecule has 0 radical (unpaired) electrons. The molecule has 0 aliphatic rings. The fourth-order valence-corrected chi connectivity index (χ4v) is 2.74.